The zero-order chi connectivity index (χ0) is 37.7. The first kappa shape index (κ1) is 34.7. The number of aromatic nitrogens is 4. The van der Waals surface area contributed by atoms with Gasteiger partial charge in [0.1, 0.15) is 5.69 Å². The lowest BCUT2D eigenvalue weighted by molar-refractivity contribution is -0.134. The molecule has 8 rings (SSSR count). The number of nitrogens with zero attached hydrogens (tertiary/aromatic N) is 4. The van der Waals surface area contributed by atoms with Crippen LogP contribution in [0.2, 0.25) is 0 Å². The van der Waals surface area contributed by atoms with Crippen LogP contribution in [0.15, 0.2) is 89.3 Å². The van der Waals surface area contributed by atoms with Gasteiger partial charge in [0.05, 0.1) is 29.2 Å². The van der Waals surface area contributed by atoms with E-state index in [9.17, 15) is 19.2 Å². The van der Waals surface area contributed by atoms with E-state index in [0.29, 0.717) is 12.8 Å². The van der Waals surface area contributed by atoms with Gasteiger partial charge in [0, 0.05) is 54.1 Å². The molecular weight excluding hydrogens is 697 g/mol. The molecule has 2 N–H and O–H groups in total. The predicted octanol–water partition coefficient (Wildman–Crippen LogP) is 6.79. The maximum Gasteiger partial charge on any atom is 0.328 e. The molecule has 0 radical (unpaired) electrons. The largest absolute Gasteiger partial charge is 0.340 e. The van der Waals surface area contributed by atoms with Gasteiger partial charge in [-0.05, 0) is 99.3 Å². The second-order valence-electron chi connectivity index (χ2n) is 13.9. The number of hydrogen-bond donors (Lipinski definition) is 2. The van der Waals surface area contributed by atoms with Gasteiger partial charge >= 0.3 is 5.69 Å². The summed E-state index contributed by atoms with van der Waals surface area (Å²) in [7, 11) is 3.63. The highest BCUT2D eigenvalue weighted by molar-refractivity contribution is 7.17. The van der Waals surface area contributed by atoms with Gasteiger partial charge < -0.3 is 5.32 Å². The molecule has 3 aromatic carbocycles. The Kier molecular flexibility index (Phi) is 8.91. The summed E-state index contributed by atoms with van der Waals surface area (Å²) in [6.45, 7) is 4.41. The van der Waals surface area contributed by atoms with E-state index in [1.165, 1.54) is 0 Å². The number of carbonyl (C=O) groups is 3. The first-order valence-electron chi connectivity index (χ1n) is 17.7. The van der Waals surface area contributed by atoms with E-state index in [2.05, 4.69) is 65.6 Å². The highest BCUT2D eigenvalue weighted by Crippen LogP contribution is 2.37. The summed E-state index contributed by atoms with van der Waals surface area (Å²) in [6.07, 6.45) is 4.33. The van der Waals surface area contributed by atoms with Crippen molar-refractivity contribution in [2.75, 3.05) is 6.54 Å². The predicted molar refractivity (Wildman–Crippen MR) is 212 cm³/mol. The zero-order valence-corrected chi connectivity index (χ0v) is 31.0. The minimum absolute atomic E-state index is 0.0495. The van der Waals surface area contributed by atoms with Gasteiger partial charge in [-0.1, -0.05) is 43.9 Å². The Balaban J connectivity index is 0.968. The molecule has 1 aliphatic heterocycles. The van der Waals surface area contributed by atoms with Gasteiger partial charge in [-0.15, -0.1) is 11.3 Å². The lowest BCUT2D eigenvalue weighted by Crippen LogP contribution is -2.39. The standard InChI is InChI=1S/C43H36N6O4S/c1-24(2)31-18-28(20-37-40(31)49(4)43(53)48(37)3)29-9-5-8-26-19-36(46-22-33(26)29)27-11-13-35(45-21-27)42(52)44-16-6-7-25-10-14-38-32(17-25)34(23-54-38)30-12-15-39(50)47-41(30)51/h5,8-11,13-14,17-24,30H,12,15-16H2,1-4H3,(H,44,52)(H,47,50,51). The molecule has 1 atom stereocenters. The SMILES string of the molecule is CC(C)c1cc(-c2cccc3cc(-c4ccc(C(=O)NCC#Cc5ccc6scc(C7CCC(=O)NC7=O)c6c5)nc4)ncc23)cc2c1n(C)c(=O)n2C. The lowest BCUT2D eigenvalue weighted by atomic mass is 9.90. The number of thiophene rings is 1. The van der Waals surface area contributed by atoms with E-state index in [1.54, 1.807) is 32.7 Å². The average molecular weight is 733 g/mol. The maximum absolute atomic E-state index is 12.9. The molecule has 0 spiro atoms. The van der Waals surface area contributed by atoms with Crippen LogP contribution < -0.4 is 16.3 Å². The smallest absolute Gasteiger partial charge is 0.328 e. The molecule has 10 nitrogen and oxygen atoms in total. The van der Waals surface area contributed by atoms with Crippen molar-refractivity contribution < 1.29 is 14.4 Å². The molecule has 1 fully saturated rings. The van der Waals surface area contributed by atoms with Crippen LogP contribution in [-0.4, -0.2) is 43.4 Å². The van der Waals surface area contributed by atoms with Crippen molar-refractivity contribution in [3.63, 3.8) is 0 Å². The number of amides is 3. The molecule has 1 saturated heterocycles. The van der Waals surface area contributed by atoms with Gasteiger partial charge in [-0.2, -0.15) is 0 Å². The molecule has 0 bridgehead atoms. The molecule has 1 unspecified atom stereocenters. The molecule has 4 aromatic heterocycles. The molecular formula is C43H36N6O4S. The van der Waals surface area contributed by atoms with E-state index < -0.39 is 0 Å². The van der Waals surface area contributed by atoms with Crippen molar-refractivity contribution in [2.45, 2.75) is 38.5 Å². The second kappa shape index (κ2) is 13.9. The summed E-state index contributed by atoms with van der Waals surface area (Å²) in [5, 5.41) is 10.2. The number of carbonyl (C=O) groups excluding carboxylic acids is 3. The zero-order valence-electron chi connectivity index (χ0n) is 30.2. The van der Waals surface area contributed by atoms with Crippen LogP contribution >= 0.6 is 11.3 Å². The van der Waals surface area contributed by atoms with E-state index in [4.69, 9.17) is 4.98 Å². The Morgan fingerprint density at radius 1 is 0.963 bits per heavy atom. The number of imide groups is 1. The molecule has 0 aliphatic carbocycles. The summed E-state index contributed by atoms with van der Waals surface area (Å²) in [4.78, 5) is 59.0. The Bertz CT molecular complexity index is 2800. The van der Waals surface area contributed by atoms with Gasteiger partial charge in [-0.25, -0.2) is 4.79 Å². The van der Waals surface area contributed by atoms with Gasteiger partial charge in [0.25, 0.3) is 5.91 Å². The number of benzene rings is 3. The van der Waals surface area contributed by atoms with Crippen LogP contribution in [0.5, 0.6) is 0 Å². The minimum atomic E-state index is -0.360. The fourth-order valence-electron chi connectivity index (χ4n) is 7.29. The van der Waals surface area contributed by atoms with E-state index >= 15 is 0 Å². The Morgan fingerprint density at radius 2 is 1.81 bits per heavy atom. The van der Waals surface area contributed by atoms with E-state index in [-0.39, 0.29) is 47.5 Å². The number of piperidine rings is 1. The third kappa shape index (κ3) is 6.24. The van der Waals surface area contributed by atoms with Crippen LogP contribution in [0.1, 0.15) is 65.7 Å². The number of imidazole rings is 1. The molecule has 11 heteroatoms. The van der Waals surface area contributed by atoms with E-state index in [1.807, 2.05) is 62.1 Å². The van der Waals surface area contributed by atoms with Crippen LogP contribution in [0.4, 0.5) is 0 Å². The monoisotopic (exact) mass is 732 g/mol. The summed E-state index contributed by atoms with van der Waals surface area (Å²) in [6, 6.07) is 21.8. The fraction of sp³-hybridized carbons (Fsp3) is 0.209. The van der Waals surface area contributed by atoms with Crippen molar-refractivity contribution in [2.24, 2.45) is 14.1 Å². The highest BCUT2D eigenvalue weighted by Gasteiger charge is 2.29. The topological polar surface area (TPSA) is 128 Å². The van der Waals surface area contributed by atoms with Crippen LogP contribution in [-0.2, 0) is 23.7 Å². The molecule has 0 saturated carbocycles. The third-order valence-corrected chi connectivity index (χ3v) is 11.1. The number of aryl methyl sites for hydroxylation is 2. The fourth-order valence-corrected chi connectivity index (χ4v) is 8.29. The first-order chi connectivity index (χ1) is 26.1. The summed E-state index contributed by atoms with van der Waals surface area (Å²) in [5.74, 6) is 5.14. The van der Waals surface area contributed by atoms with Gasteiger partial charge in [0.15, 0.2) is 0 Å². The van der Waals surface area contributed by atoms with E-state index in [0.717, 1.165) is 71.0 Å². The van der Waals surface area contributed by atoms with Crippen LogP contribution in [0, 0.1) is 11.8 Å². The van der Waals surface area contributed by atoms with Crippen molar-refractivity contribution in [1.29, 1.82) is 0 Å². The Labute approximate surface area is 314 Å². The number of nitrogens with one attached hydrogen (secondary N) is 2. The molecule has 268 valence electrons. The number of fused-ring (bicyclic) bond motifs is 3. The molecule has 7 aromatic rings. The Morgan fingerprint density at radius 3 is 2.59 bits per heavy atom. The number of hydrogen-bond acceptors (Lipinski definition) is 7. The molecule has 54 heavy (non-hydrogen) atoms. The molecule has 1 aliphatic rings. The van der Waals surface area contributed by atoms with Gasteiger partial charge in [-0.3, -0.25) is 38.8 Å². The third-order valence-electron chi connectivity index (χ3n) is 10.2. The minimum Gasteiger partial charge on any atom is -0.340 e. The average Bonchev–Trinajstić information content (AvgIpc) is 3.69. The maximum atomic E-state index is 12.9. The number of rotatable bonds is 6. The summed E-state index contributed by atoms with van der Waals surface area (Å²) in [5.41, 5.74) is 8.43. The first-order valence-corrected chi connectivity index (χ1v) is 18.6. The molecule has 5 heterocycles. The second-order valence-corrected chi connectivity index (χ2v) is 14.8. The quantitative estimate of drug-likeness (QED) is 0.143. The lowest BCUT2D eigenvalue weighted by Gasteiger charge is -2.20. The normalized spacial score (nSPS) is 14.4. The van der Waals surface area contributed by atoms with Crippen molar-refractivity contribution in [3.8, 4) is 34.2 Å². The summed E-state index contributed by atoms with van der Waals surface area (Å²) >= 11 is 1.56. The van der Waals surface area contributed by atoms with Crippen LogP contribution in [0.3, 0.4) is 0 Å². The van der Waals surface area contributed by atoms with Crippen molar-refractivity contribution in [3.05, 3.63) is 117 Å². The summed E-state index contributed by atoms with van der Waals surface area (Å²) < 4.78 is 4.47. The van der Waals surface area contributed by atoms with Crippen LogP contribution in [0.25, 0.3) is 54.3 Å². The van der Waals surface area contributed by atoms with Crippen molar-refractivity contribution >= 4 is 61.0 Å². The van der Waals surface area contributed by atoms with Crippen molar-refractivity contribution in [1.82, 2.24) is 29.7 Å². The van der Waals surface area contributed by atoms with Gasteiger partial charge in [0.2, 0.25) is 11.8 Å². The molecule has 3 amide bonds. The highest BCUT2D eigenvalue weighted by atomic mass is 32.1. The number of pyridine rings is 2. The Hall–Kier alpha value is -6.38.